The molecular formula is C12H14N4O2. The van der Waals surface area contributed by atoms with E-state index in [1.54, 1.807) is 10.9 Å². The van der Waals surface area contributed by atoms with Gasteiger partial charge in [-0.25, -0.2) is 0 Å². The van der Waals surface area contributed by atoms with E-state index in [2.05, 4.69) is 15.4 Å². The molecule has 2 heterocycles. The van der Waals surface area contributed by atoms with Gasteiger partial charge in [-0.05, 0) is 18.1 Å². The molecule has 6 nitrogen and oxygen atoms in total. The Morgan fingerprint density at radius 2 is 2.33 bits per heavy atom. The van der Waals surface area contributed by atoms with Crippen molar-refractivity contribution in [3.05, 3.63) is 42.0 Å². The number of amides is 1. The first-order valence-electron chi connectivity index (χ1n) is 5.55. The maximum absolute atomic E-state index is 11.7. The van der Waals surface area contributed by atoms with Crippen LogP contribution in [0, 0.1) is 0 Å². The smallest absolute Gasteiger partial charge is 0.255 e. The molecule has 0 radical (unpaired) electrons. The molecule has 0 bridgehead atoms. The summed E-state index contributed by atoms with van der Waals surface area (Å²) >= 11 is 0. The number of aromatic hydroxyl groups is 1. The third-order valence-corrected chi connectivity index (χ3v) is 2.50. The molecule has 2 rings (SSSR count). The standard InChI is InChI=1S/C12H14N4O2/c1-16-8-9(6-15-16)2-5-14-12(18)10-3-4-13-7-11(10)17/h3-4,6-8,17H,2,5H2,1H3,(H,14,18). The highest BCUT2D eigenvalue weighted by Gasteiger charge is 2.09. The van der Waals surface area contributed by atoms with Crippen molar-refractivity contribution < 1.29 is 9.90 Å². The Bertz CT molecular complexity index is 551. The summed E-state index contributed by atoms with van der Waals surface area (Å²) in [5, 5.41) is 16.2. The third-order valence-electron chi connectivity index (χ3n) is 2.50. The summed E-state index contributed by atoms with van der Waals surface area (Å²) in [7, 11) is 1.84. The predicted molar refractivity (Wildman–Crippen MR) is 65.1 cm³/mol. The van der Waals surface area contributed by atoms with Crippen LogP contribution in [0.5, 0.6) is 5.75 Å². The van der Waals surface area contributed by atoms with Gasteiger partial charge in [0.1, 0.15) is 5.75 Å². The van der Waals surface area contributed by atoms with E-state index in [-0.39, 0.29) is 17.2 Å². The second-order valence-corrected chi connectivity index (χ2v) is 3.92. The summed E-state index contributed by atoms with van der Waals surface area (Å²) in [6.07, 6.45) is 7.07. The first-order valence-corrected chi connectivity index (χ1v) is 5.55. The summed E-state index contributed by atoms with van der Waals surface area (Å²) in [4.78, 5) is 15.5. The average molecular weight is 246 g/mol. The molecule has 0 spiro atoms. The van der Waals surface area contributed by atoms with Gasteiger partial charge in [0.25, 0.3) is 5.91 Å². The highest BCUT2D eigenvalue weighted by atomic mass is 16.3. The molecule has 0 aliphatic carbocycles. The molecule has 0 saturated carbocycles. The van der Waals surface area contributed by atoms with Crippen LogP contribution in [0.1, 0.15) is 15.9 Å². The van der Waals surface area contributed by atoms with Gasteiger partial charge in [-0.3, -0.25) is 14.5 Å². The molecule has 2 aromatic rings. The molecule has 18 heavy (non-hydrogen) atoms. The molecule has 0 atom stereocenters. The molecule has 0 aliphatic rings. The van der Waals surface area contributed by atoms with Gasteiger partial charge in [0, 0.05) is 26.0 Å². The van der Waals surface area contributed by atoms with E-state index in [0.29, 0.717) is 13.0 Å². The van der Waals surface area contributed by atoms with Crippen LogP contribution >= 0.6 is 0 Å². The highest BCUT2D eigenvalue weighted by molar-refractivity contribution is 5.96. The molecule has 2 aromatic heterocycles. The molecule has 2 N–H and O–H groups in total. The Balaban J connectivity index is 1.87. The zero-order chi connectivity index (χ0) is 13.0. The fourth-order valence-electron chi connectivity index (χ4n) is 1.59. The van der Waals surface area contributed by atoms with E-state index in [0.717, 1.165) is 5.56 Å². The van der Waals surface area contributed by atoms with Gasteiger partial charge in [0.05, 0.1) is 18.0 Å². The lowest BCUT2D eigenvalue weighted by Crippen LogP contribution is -2.25. The molecule has 0 saturated heterocycles. The third kappa shape index (κ3) is 2.85. The van der Waals surface area contributed by atoms with Crippen LogP contribution in [-0.2, 0) is 13.5 Å². The number of nitrogens with zero attached hydrogens (tertiary/aromatic N) is 3. The van der Waals surface area contributed by atoms with Crippen molar-refractivity contribution >= 4 is 5.91 Å². The number of rotatable bonds is 4. The fourth-order valence-corrected chi connectivity index (χ4v) is 1.59. The van der Waals surface area contributed by atoms with Crippen molar-refractivity contribution in [2.24, 2.45) is 7.05 Å². The van der Waals surface area contributed by atoms with Gasteiger partial charge in [0.15, 0.2) is 0 Å². The Morgan fingerprint density at radius 1 is 1.50 bits per heavy atom. The molecule has 0 fully saturated rings. The number of carbonyl (C=O) groups excluding carboxylic acids is 1. The average Bonchev–Trinajstić information content (AvgIpc) is 2.75. The minimum atomic E-state index is -0.307. The van der Waals surface area contributed by atoms with Crippen molar-refractivity contribution in [2.75, 3.05) is 6.54 Å². The van der Waals surface area contributed by atoms with Crippen LogP contribution in [0.15, 0.2) is 30.9 Å². The summed E-state index contributed by atoms with van der Waals surface area (Å²) in [6, 6.07) is 1.48. The number of pyridine rings is 1. The van der Waals surface area contributed by atoms with Gasteiger partial charge < -0.3 is 10.4 Å². The lowest BCUT2D eigenvalue weighted by Gasteiger charge is -2.05. The molecule has 1 amide bonds. The van der Waals surface area contributed by atoms with Crippen LogP contribution in [0.25, 0.3) is 0 Å². The maximum Gasteiger partial charge on any atom is 0.255 e. The van der Waals surface area contributed by atoms with E-state index < -0.39 is 0 Å². The maximum atomic E-state index is 11.7. The summed E-state index contributed by atoms with van der Waals surface area (Å²) in [6.45, 7) is 0.492. The number of hydrogen-bond acceptors (Lipinski definition) is 4. The molecule has 0 aromatic carbocycles. The van der Waals surface area contributed by atoms with Gasteiger partial charge in [0.2, 0.25) is 0 Å². The molecule has 6 heteroatoms. The van der Waals surface area contributed by atoms with E-state index in [4.69, 9.17) is 0 Å². The minimum Gasteiger partial charge on any atom is -0.505 e. The first kappa shape index (κ1) is 12.1. The fraction of sp³-hybridized carbons (Fsp3) is 0.250. The van der Waals surface area contributed by atoms with Crippen molar-refractivity contribution in [1.82, 2.24) is 20.1 Å². The Morgan fingerprint density at radius 3 is 3.00 bits per heavy atom. The van der Waals surface area contributed by atoms with Crippen LogP contribution in [0.3, 0.4) is 0 Å². The molecule has 0 aliphatic heterocycles. The Kier molecular flexibility index (Phi) is 3.57. The number of hydrogen-bond donors (Lipinski definition) is 2. The second kappa shape index (κ2) is 5.31. The van der Waals surface area contributed by atoms with Gasteiger partial charge in [-0.15, -0.1) is 0 Å². The zero-order valence-electron chi connectivity index (χ0n) is 10.00. The highest BCUT2D eigenvalue weighted by Crippen LogP contribution is 2.13. The van der Waals surface area contributed by atoms with Crippen molar-refractivity contribution in [1.29, 1.82) is 0 Å². The predicted octanol–water partition coefficient (Wildman–Crippen LogP) is 0.493. The lowest BCUT2D eigenvalue weighted by atomic mass is 10.2. The monoisotopic (exact) mass is 246 g/mol. The molecule has 0 unspecified atom stereocenters. The van der Waals surface area contributed by atoms with Gasteiger partial charge in [-0.2, -0.15) is 5.10 Å². The normalized spacial score (nSPS) is 10.3. The van der Waals surface area contributed by atoms with Crippen LogP contribution < -0.4 is 5.32 Å². The zero-order valence-corrected chi connectivity index (χ0v) is 10.00. The number of aryl methyl sites for hydroxylation is 1. The second-order valence-electron chi connectivity index (χ2n) is 3.92. The van der Waals surface area contributed by atoms with Gasteiger partial charge >= 0.3 is 0 Å². The Hall–Kier alpha value is -2.37. The van der Waals surface area contributed by atoms with Crippen molar-refractivity contribution in [2.45, 2.75) is 6.42 Å². The van der Waals surface area contributed by atoms with Gasteiger partial charge in [-0.1, -0.05) is 0 Å². The number of carbonyl (C=O) groups is 1. The Labute approximate surface area is 104 Å². The van der Waals surface area contributed by atoms with Crippen molar-refractivity contribution in [3.63, 3.8) is 0 Å². The van der Waals surface area contributed by atoms with E-state index in [9.17, 15) is 9.90 Å². The first-order chi connectivity index (χ1) is 8.66. The van der Waals surface area contributed by atoms with Crippen LogP contribution in [-0.4, -0.2) is 32.3 Å². The molecular weight excluding hydrogens is 232 g/mol. The number of nitrogens with one attached hydrogen (secondary N) is 1. The summed E-state index contributed by atoms with van der Waals surface area (Å²) in [5.41, 5.74) is 1.29. The van der Waals surface area contributed by atoms with Crippen molar-refractivity contribution in [3.8, 4) is 5.75 Å². The number of aromatic nitrogens is 3. The molecule has 94 valence electrons. The van der Waals surface area contributed by atoms with E-state index in [1.165, 1.54) is 18.5 Å². The SMILES string of the molecule is Cn1cc(CCNC(=O)c2ccncc2O)cn1. The summed E-state index contributed by atoms with van der Waals surface area (Å²) in [5.74, 6) is -0.421. The largest absolute Gasteiger partial charge is 0.505 e. The van der Waals surface area contributed by atoms with E-state index in [1.807, 2.05) is 13.2 Å². The quantitative estimate of drug-likeness (QED) is 0.823. The topological polar surface area (TPSA) is 80.0 Å². The minimum absolute atomic E-state index is 0.114. The lowest BCUT2D eigenvalue weighted by molar-refractivity contribution is 0.0951. The summed E-state index contributed by atoms with van der Waals surface area (Å²) < 4.78 is 1.71. The van der Waals surface area contributed by atoms with E-state index >= 15 is 0 Å². The van der Waals surface area contributed by atoms with Crippen LogP contribution in [0.2, 0.25) is 0 Å². The van der Waals surface area contributed by atoms with Crippen LogP contribution in [0.4, 0.5) is 0 Å².